The molecule has 0 unspecified atom stereocenters. The van der Waals surface area contributed by atoms with Crippen LogP contribution in [0.5, 0.6) is 0 Å². The van der Waals surface area contributed by atoms with Crippen LogP contribution in [0.25, 0.3) is 0 Å². The topological polar surface area (TPSA) is 0 Å². The first-order chi connectivity index (χ1) is 18.0. The minimum atomic E-state index is 1.30. The van der Waals surface area contributed by atoms with Gasteiger partial charge in [-0.2, -0.15) is 0 Å². The van der Waals surface area contributed by atoms with Crippen LogP contribution in [0.15, 0.2) is 72.8 Å². The van der Waals surface area contributed by atoms with Crippen LogP contribution in [0.3, 0.4) is 0 Å². The molecular weight excluding hydrogens is 456 g/mol. The predicted molar refractivity (Wildman–Crippen MR) is 170 cm³/mol. The molecule has 0 N–H and O–H groups in total. The van der Waals surface area contributed by atoms with Crippen molar-refractivity contribution in [2.75, 3.05) is 0 Å². The molecule has 0 nitrogen and oxygen atoms in total. The van der Waals surface area contributed by atoms with Crippen LogP contribution in [0.1, 0.15) is 79.6 Å². The highest BCUT2D eigenvalue weighted by atomic mass is 14.1. The number of fused-ring (bicyclic) bond motifs is 1. The summed E-state index contributed by atoms with van der Waals surface area (Å²) in [4.78, 5) is 0. The molecule has 0 amide bonds. The Labute approximate surface area is 234 Å². The van der Waals surface area contributed by atoms with Gasteiger partial charge in [-0.3, -0.25) is 0 Å². The molecular formula is C38H50. The van der Waals surface area contributed by atoms with E-state index in [1.165, 1.54) is 81.3 Å². The van der Waals surface area contributed by atoms with Gasteiger partial charge in [0.05, 0.1) is 0 Å². The number of hydrogen-bond donors (Lipinski definition) is 0. The van der Waals surface area contributed by atoms with Gasteiger partial charge in [-0.05, 0) is 128 Å². The van der Waals surface area contributed by atoms with E-state index in [0.29, 0.717) is 0 Å². The Bertz CT molecular complexity index is 1190. The van der Waals surface area contributed by atoms with Crippen LogP contribution < -0.4 is 0 Å². The summed E-state index contributed by atoms with van der Waals surface area (Å²) in [6.45, 7) is 21.4. The zero-order valence-electron chi connectivity index (χ0n) is 25.8. The van der Waals surface area contributed by atoms with E-state index < -0.39 is 0 Å². The molecule has 0 spiro atoms. The van der Waals surface area contributed by atoms with Gasteiger partial charge in [0.2, 0.25) is 0 Å². The van der Waals surface area contributed by atoms with Gasteiger partial charge >= 0.3 is 0 Å². The fourth-order valence-electron chi connectivity index (χ4n) is 5.06. The zero-order chi connectivity index (χ0) is 28.2. The third-order valence-corrected chi connectivity index (χ3v) is 7.29. The lowest BCUT2D eigenvalue weighted by molar-refractivity contribution is 0.682. The summed E-state index contributed by atoms with van der Waals surface area (Å²) in [5.74, 6) is 0. The second-order valence-electron chi connectivity index (χ2n) is 11.3. The standard InChI is InChI=1S/C11H14.C10H14.C9H12.C8H10/c1-9-5-4-7-10-6-2-3-8-11(9)10;1-7-5-8(2)10(4)9(3)6-7;1-7-4-8(2)6-9(3)5-7;1-7-3-5-8(2)6-4-7/h4-5,7H,2-3,6,8H2,1H3;5-6H,1-4H3;4-6H,1-3H3;3-6H,1-2H3. The van der Waals surface area contributed by atoms with Gasteiger partial charge in [0, 0.05) is 0 Å². The molecule has 0 aliphatic heterocycles. The van der Waals surface area contributed by atoms with Crippen molar-refractivity contribution in [2.45, 2.75) is 94.9 Å². The quantitative estimate of drug-likeness (QED) is 0.222. The summed E-state index contributed by atoms with van der Waals surface area (Å²) >= 11 is 0. The maximum Gasteiger partial charge on any atom is -0.0273 e. The first-order valence-corrected chi connectivity index (χ1v) is 14.2. The Morgan fingerprint density at radius 3 is 1.26 bits per heavy atom. The molecule has 202 valence electrons. The van der Waals surface area contributed by atoms with Crippen molar-refractivity contribution in [1.29, 1.82) is 0 Å². The maximum absolute atomic E-state index is 2.28. The molecule has 38 heavy (non-hydrogen) atoms. The van der Waals surface area contributed by atoms with Crippen LogP contribution in [-0.2, 0) is 12.8 Å². The molecule has 0 heteroatoms. The predicted octanol–water partition coefficient (Wildman–Crippen LogP) is 10.7. The summed E-state index contributed by atoms with van der Waals surface area (Å²) in [5.41, 5.74) is 17.0. The molecule has 0 saturated heterocycles. The van der Waals surface area contributed by atoms with E-state index in [2.05, 4.69) is 142 Å². The van der Waals surface area contributed by atoms with E-state index in [0.717, 1.165) is 0 Å². The van der Waals surface area contributed by atoms with Gasteiger partial charge < -0.3 is 0 Å². The van der Waals surface area contributed by atoms with Crippen LogP contribution in [0, 0.1) is 69.2 Å². The fraction of sp³-hybridized carbons (Fsp3) is 0.368. The van der Waals surface area contributed by atoms with Gasteiger partial charge in [0.15, 0.2) is 0 Å². The lowest BCUT2D eigenvalue weighted by Gasteiger charge is -2.17. The summed E-state index contributed by atoms with van der Waals surface area (Å²) in [6, 6.07) is 26.2. The molecule has 0 fully saturated rings. The summed E-state index contributed by atoms with van der Waals surface area (Å²) < 4.78 is 0. The van der Waals surface area contributed by atoms with Crippen molar-refractivity contribution >= 4 is 0 Å². The maximum atomic E-state index is 2.28. The molecule has 0 aromatic heterocycles. The number of rotatable bonds is 0. The largest absolute Gasteiger partial charge is 0.0617 e. The van der Waals surface area contributed by atoms with E-state index in [4.69, 9.17) is 0 Å². The fourth-order valence-corrected chi connectivity index (χ4v) is 5.06. The Balaban J connectivity index is 0.000000179. The van der Waals surface area contributed by atoms with E-state index in [1.807, 2.05) is 0 Å². The molecule has 1 aliphatic carbocycles. The zero-order valence-corrected chi connectivity index (χ0v) is 25.8. The molecule has 1 aliphatic rings. The van der Waals surface area contributed by atoms with Crippen LogP contribution in [0.2, 0.25) is 0 Å². The second-order valence-corrected chi connectivity index (χ2v) is 11.3. The van der Waals surface area contributed by atoms with Crippen molar-refractivity contribution in [1.82, 2.24) is 0 Å². The van der Waals surface area contributed by atoms with Crippen molar-refractivity contribution in [3.63, 3.8) is 0 Å². The molecule has 0 saturated carbocycles. The Kier molecular flexibility index (Phi) is 12.5. The lowest BCUT2D eigenvalue weighted by Crippen LogP contribution is -2.03. The van der Waals surface area contributed by atoms with Crippen LogP contribution in [-0.4, -0.2) is 0 Å². The average molecular weight is 507 g/mol. The lowest BCUT2D eigenvalue weighted by atomic mass is 9.89. The highest BCUT2D eigenvalue weighted by Gasteiger charge is 2.09. The van der Waals surface area contributed by atoms with E-state index in [9.17, 15) is 0 Å². The summed E-state index contributed by atoms with van der Waals surface area (Å²) in [7, 11) is 0. The minimum Gasteiger partial charge on any atom is -0.0617 e. The van der Waals surface area contributed by atoms with E-state index in [1.54, 1.807) is 11.1 Å². The molecule has 0 radical (unpaired) electrons. The number of hydrogen-bond acceptors (Lipinski definition) is 0. The van der Waals surface area contributed by atoms with Crippen LogP contribution >= 0.6 is 0 Å². The number of aryl methyl sites for hydroxylation is 10. The van der Waals surface area contributed by atoms with Crippen LogP contribution in [0.4, 0.5) is 0 Å². The first-order valence-electron chi connectivity index (χ1n) is 14.2. The third kappa shape index (κ3) is 10.7. The Morgan fingerprint density at radius 1 is 0.395 bits per heavy atom. The van der Waals surface area contributed by atoms with Gasteiger partial charge in [-0.25, -0.2) is 0 Å². The molecule has 0 heterocycles. The van der Waals surface area contributed by atoms with E-state index >= 15 is 0 Å². The van der Waals surface area contributed by atoms with Crippen molar-refractivity contribution in [3.8, 4) is 0 Å². The van der Waals surface area contributed by atoms with E-state index in [-0.39, 0.29) is 0 Å². The van der Waals surface area contributed by atoms with Gasteiger partial charge in [0.1, 0.15) is 0 Å². The van der Waals surface area contributed by atoms with Gasteiger partial charge in [0.25, 0.3) is 0 Å². The highest BCUT2D eigenvalue weighted by molar-refractivity contribution is 5.37. The average Bonchev–Trinajstić information content (AvgIpc) is 2.85. The Morgan fingerprint density at radius 2 is 0.816 bits per heavy atom. The second kappa shape index (κ2) is 15.3. The highest BCUT2D eigenvalue weighted by Crippen LogP contribution is 2.23. The summed E-state index contributed by atoms with van der Waals surface area (Å²) in [6.07, 6.45) is 5.38. The smallest absolute Gasteiger partial charge is 0.0273 e. The third-order valence-electron chi connectivity index (χ3n) is 7.29. The minimum absolute atomic E-state index is 1.30. The summed E-state index contributed by atoms with van der Waals surface area (Å²) in [5, 5.41) is 0. The van der Waals surface area contributed by atoms with Crippen molar-refractivity contribution in [3.05, 3.63) is 140 Å². The van der Waals surface area contributed by atoms with Crippen molar-refractivity contribution < 1.29 is 0 Å². The molecule has 0 bridgehead atoms. The first kappa shape index (κ1) is 31.1. The molecule has 0 atom stereocenters. The Hall–Kier alpha value is -3.12. The number of benzene rings is 4. The molecule has 4 aromatic carbocycles. The van der Waals surface area contributed by atoms with Gasteiger partial charge in [-0.1, -0.05) is 106 Å². The monoisotopic (exact) mass is 506 g/mol. The van der Waals surface area contributed by atoms with Gasteiger partial charge in [-0.15, -0.1) is 0 Å². The molecule has 4 aromatic rings. The molecule has 5 rings (SSSR count). The van der Waals surface area contributed by atoms with Crippen molar-refractivity contribution in [2.24, 2.45) is 0 Å². The SMILES string of the molecule is Cc1cc(C)c(C)c(C)c1.Cc1cc(C)cc(C)c1.Cc1ccc(C)cc1.Cc1cccc2c1CCCC2. The normalized spacial score (nSPS) is 11.5.